The van der Waals surface area contributed by atoms with Crippen LogP contribution in [0.3, 0.4) is 0 Å². The third-order valence-electron chi connectivity index (χ3n) is 3.12. The van der Waals surface area contributed by atoms with E-state index < -0.39 is 0 Å². The summed E-state index contributed by atoms with van der Waals surface area (Å²) in [6.45, 7) is 18.6. The Balaban J connectivity index is 0.00000112. The van der Waals surface area contributed by atoms with E-state index in [4.69, 9.17) is 0 Å². The molecule has 0 saturated heterocycles. The number of benzene rings is 1. The lowest BCUT2D eigenvalue weighted by molar-refractivity contribution is 0.941. The molecule has 0 unspecified atom stereocenters. The maximum absolute atomic E-state index is 3.85. The number of allylic oxidation sites excluding steroid dienone is 6. The second kappa shape index (κ2) is 12.3. The molecule has 1 N–H and O–H groups in total. The Morgan fingerprint density at radius 3 is 2.30 bits per heavy atom. The summed E-state index contributed by atoms with van der Waals surface area (Å²) in [5.74, 6) is 0. The predicted octanol–water partition coefficient (Wildman–Crippen LogP) is 6.38. The summed E-state index contributed by atoms with van der Waals surface area (Å²) in [6, 6.07) is 8.44. The first-order valence-corrected chi connectivity index (χ1v) is 8.42. The summed E-state index contributed by atoms with van der Waals surface area (Å²) in [5, 5.41) is 3.43. The molecule has 1 nitrogen and oxygen atoms in total. The van der Waals surface area contributed by atoms with Crippen molar-refractivity contribution in [3.8, 4) is 0 Å². The van der Waals surface area contributed by atoms with Gasteiger partial charge < -0.3 is 5.32 Å². The normalized spacial score (nSPS) is 13.0. The number of hydrogen-bond acceptors (Lipinski definition) is 1. The molecule has 0 aliphatic carbocycles. The summed E-state index contributed by atoms with van der Waals surface area (Å²) in [6.07, 6.45) is 9.90. The summed E-state index contributed by atoms with van der Waals surface area (Å²) in [5.41, 5.74) is 5.94. The van der Waals surface area contributed by atoms with E-state index >= 15 is 0 Å². The third-order valence-corrected chi connectivity index (χ3v) is 3.12. The minimum atomic E-state index is 0.910. The average molecular weight is 309 g/mol. The first kappa shape index (κ1) is 20.7. The van der Waals surface area contributed by atoms with E-state index in [1.54, 1.807) is 6.08 Å². The first-order valence-electron chi connectivity index (χ1n) is 8.42. The van der Waals surface area contributed by atoms with Gasteiger partial charge in [-0.2, -0.15) is 0 Å². The van der Waals surface area contributed by atoms with E-state index in [1.165, 1.54) is 11.1 Å². The topological polar surface area (TPSA) is 12.0 Å². The molecule has 1 heterocycles. The summed E-state index contributed by atoms with van der Waals surface area (Å²) in [7, 11) is 0. The SMILES string of the molecule is C=C/C=C(\C=C)c1cccc(C2=CC=C(C)CN2)c1.CC.CC. The molecule has 2 rings (SSSR count). The van der Waals surface area contributed by atoms with Crippen LogP contribution in [-0.2, 0) is 0 Å². The van der Waals surface area contributed by atoms with Crippen LogP contribution in [0.25, 0.3) is 11.3 Å². The van der Waals surface area contributed by atoms with Crippen LogP contribution in [0.1, 0.15) is 45.7 Å². The maximum atomic E-state index is 3.85. The van der Waals surface area contributed by atoms with Crippen molar-refractivity contribution in [3.05, 3.63) is 84.5 Å². The highest BCUT2D eigenvalue weighted by atomic mass is 14.9. The molecule has 1 heteroatoms. The Morgan fingerprint density at radius 1 is 1.09 bits per heavy atom. The van der Waals surface area contributed by atoms with E-state index in [-0.39, 0.29) is 0 Å². The van der Waals surface area contributed by atoms with Crippen LogP contribution in [-0.4, -0.2) is 6.54 Å². The molecule has 0 amide bonds. The smallest absolute Gasteiger partial charge is 0.0416 e. The fourth-order valence-corrected chi connectivity index (χ4v) is 2.05. The monoisotopic (exact) mass is 309 g/mol. The highest BCUT2D eigenvalue weighted by molar-refractivity contribution is 5.78. The van der Waals surface area contributed by atoms with Crippen molar-refractivity contribution in [2.24, 2.45) is 0 Å². The van der Waals surface area contributed by atoms with Crippen LogP contribution in [0.4, 0.5) is 0 Å². The highest BCUT2D eigenvalue weighted by Gasteiger charge is 2.06. The summed E-state index contributed by atoms with van der Waals surface area (Å²) in [4.78, 5) is 0. The van der Waals surface area contributed by atoms with Gasteiger partial charge in [-0.3, -0.25) is 0 Å². The van der Waals surface area contributed by atoms with Crippen molar-refractivity contribution in [1.29, 1.82) is 0 Å². The lowest BCUT2D eigenvalue weighted by atomic mass is 10.00. The van der Waals surface area contributed by atoms with Crippen LogP contribution < -0.4 is 5.32 Å². The van der Waals surface area contributed by atoms with Gasteiger partial charge in [-0.05, 0) is 35.8 Å². The fraction of sp³-hybridized carbons (Fsp3) is 0.273. The maximum Gasteiger partial charge on any atom is 0.0416 e. The van der Waals surface area contributed by atoms with Crippen molar-refractivity contribution in [1.82, 2.24) is 5.32 Å². The average Bonchev–Trinajstić information content (AvgIpc) is 2.64. The van der Waals surface area contributed by atoms with Crippen LogP contribution in [0.5, 0.6) is 0 Å². The van der Waals surface area contributed by atoms with Crippen molar-refractivity contribution >= 4 is 11.3 Å². The van der Waals surface area contributed by atoms with Gasteiger partial charge in [0.05, 0.1) is 0 Å². The Morgan fingerprint density at radius 2 is 1.78 bits per heavy atom. The fourth-order valence-electron chi connectivity index (χ4n) is 2.05. The standard InChI is InChI=1S/C18H19N.2C2H6/c1-4-7-15(5-2)16-8-6-9-17(12-16)18-11-10-14(3)13-19-18;2*1-2/h4-12,19H,1-2,13H2,3H3;2*1-2H3/b15-7+;;. The molecule has 0 fully saturated rings. The number of rotatable bonds is 4. The van der Waals surface area contributed by atoms with Gasteiger partial charge in [-0.15, -0.1) is 0 Å². The lowest BCUT2D eigenvalue weighted by Gasteiger charge is -2.16. The Kier molecular flexibility index (Phi) is 11.1. The van der Waals surface area contributed by atoms with Crippen LogP contribution >= 0.6 is 0 Å². The van der Waals surface area contributed by atoms with E-state index in [0.29, 0.717) is 0 Å². The van der Waals surface area contributed by atoms with Crippen molar-refractivity contribution in [3.63, 3.8) is 0 Å². The van der Waals surface area contributed by atoms with Crippen molar-refractivity contribution in [2.45, 2.75) is 34.6 Å². The van der Waals surface area contributed by atoms with Gasteiger partial charge in [0.2, 0.25) is 0 Å². The van der Waals surface area contributed by atoms with Gasteiger partial charge in [-0.25, -0.2) is 0 Å². The van der Waals surface area contributed by atoms with Crippen molar-refractivity contribution < 1.29 is 0 Å². The lowest BCUT2D eigenvalue weighted by Crippen LogP contribution is -2.17. The molecule has 0 aromatic heterocycles. The molecule has 23 heavy (non-hydrogen) atoms. The van der Waals surface area contributed by atoms with Crippen LogP contribution in [0.2, 0.25) is 0 Å². The summed E-state index contributed by atoms with van der Waals surface area (Å²) < 4.78 is 0. The first-order chi connectivity index (χ1) is 11.2. The largest absolute Gasteiger partial charge is 0.381 e. The minimum Gasteiger partial charge on any atom is -0.381 e. The molecule has 1 aromatic rings. The molecule has 124 valence electrons. The molecule has 1 aliphatic rings. The Labute approximate surface area is 142 Å². The second-order valence-electron chi connectivity index (χ2n) is 4.59. The molecular weight excluding hydrogens is 278 g/mol. The second-order valence-corrected chi connectivity index (χ2v) is 4.59. The van der Waals surface area contributed by atoms with E-state index in [0.717, 1.165) is 23.4 Å². The van der Waals surface area contributed by atoms with Gasteiger partial charge in [0.15, 0.2) is 0 Å². The van der Waals surface area contributed by atoms with Crippen LogP contribution in [0.15, 0.2) is 73.4 Å². The predicted molar refractivity (Wildman–Crippen MR) is 107 cm³/mol. The number of dihydropyridines is 1. The van der Waals surface area contributed by atoms with Gasteiger partial charge in [-0.1, -0.05) is 88.9 Å². The molecule has 0 bridgehead atoms. The van der Waals surface area contributed by atoms with Gasteiger partial charge in [0.25, 0.3) is 0 Å². The van der Waals surface area contributed by atoms with Gasteiger partial charge in [0.1, 0.15) is 0 Å². The zero-order chi connectivity index (χ0) is 17.7. The van der Waals surface area contributed by atoms with Crippen molar-refractivity contribution in [2.75, 3.05) is 6.54 Å². The summed E-state index contributed by atoms with van der Waals surface area (Å²) >= 11 is 0. The molecule has 0 saturated carbocycles. The molecular formula is C22H31N. The number of nitrogens with one attached hydrogen (secondary N) is 1. The van der Waals surface area contributed by atoms with E-state index in [2.05, 4.69) is 61.8 Å². The van der Waals surface area contributed by atoms with E-state index in [9.17, 15) is 0 Å². The van der Waals surface area contributed by atoms with Crippen LogP contribution in [0, 0.1) is 0 Å². The molecule has 1 aromatic carbocycles. The molecule has 0 radical (unpaired) electrons. The van der Waals surface area contributed by atoms with Gasteiger partial charge in [0, 0.05) is 12.2 Å². The quantitative estimate of drug-likeness (QED) is 0.636. The molecule has 0 atom stereocenters. The zero-order valence-electron chi connectivity index (χ0n) is 15.3. The Hall–Kier alpha value is -2.28. The van der Waals surface area contributed by atoms with Gasteiger partial charge >= 0.3 is 0 Å². The Bertz CT molecular complexity index is 586. The highest BCUT2D eigenvalue weighted by Crippen LogP contribution is 2.22. The molecule has 1 aliphatic heterocycles. The number of hydrogen-bond donors (Lipinski definition) is 1. The van der Waals surface area contributed by atoms with E-state index in [1.807, 2.05) is 39.8 Å². The third kappa shape index (κ3) is 6.56. The zero-order valence-corrected chi connectivity index (χ0v) is 15.3. The molecule has 0 spiro atoms. The minimum absolute atomic E-state index is 0.910.